The zero-order chi connectivity index (χ0) is 20.7. The van der Waals surface area contributed by atoms with Gasteiger partial charge in [0.1, 0.15) is 17.3 Å². The van der Waals surface area contributed by atoms with E-state index in [1.807, 2.05) is 0 Å². The summed E-state index contributed by atoms with van der Waals surface area (Å²) in [5.74, 6) is -0.607. The Morgan fingerprint density at radius 1 is 1.11 bits per heavy atom. The molecule has 10 heteroatoms. The van der Waals surface area contributed by atoms with Crippen molar-refractivity contribution >= 4 is 39.2 Å². The number of benzene rings is 2. The Balaban J connectivity index is 2.20. The second kappa shape index (κ2) is 10.1. The van der Waals surface area contributed by atoms with Gasteiger partial charge in [-0.25, -0.2) is 17.9 Å². The molecular weight excluding hydrogens is 429 g/mol. The number of esters is 1. The summed E-state index contributed by atoms with van der Waals surface area (Å²) in [6, 6.07) is 8.80. The van der Waals surface area contributed by atoms with Crippen LogP contribution in [0.15, 0.2) is 41.3 Å². The maximum Gasteiger partial charge on any atom is 0.338 e. The fourth-order valence-electron chi connectivity index (χ4n) is 2.23. The molecule has 2 aromatic carbocycles. The average molecular weight is 448 g/mol. The average Bonchev–Trinajstić information content (AvgIpc) is 2.66. The van der Waals surface area contributed by atoms with Crippen molar-refractivity contribution in [2.45, 2.75) is 11.5 Å². The van der Waals surface area contributed by atoms with Crippen molar-refractivity contribution in [2.75, 3.05) is 27.4 Å². The number of hydrogen-bond donors (Lipinski definition) is 1. The predicted octanol–water partition coefficient (Wildman–Crippen LogP) is 3.28. The Morgan fingerprint density at radius 3 is 2.50 bits per heavy atom. The molecule has 2 aromatic rings. The van der Waals surface area contributed by atoms with Crippen LogP contribution in [0.5, 0.6) is 5.75 Å². The highest BCUT2D eigenvalue weighted by Crippen LogP contribution is 2.26. The molecule has 0 aliphatic heterocycles. The third kappa shape index (κ3) is 5.83. The largest absolute Gasteiger partial charge is 0.495 e. The summed E-state index contributed by atoms with van der Waals surface area (Å²) in [7, 11) is -1.11. The van der Waals surface area contributed by atoms with E-state index in [0.29, 0.717) is 15.6 Å². The van der Waals surface area contributed by atoms with E-state index in [1.54, 1.807) is 12.1 Å². The Kier molecular flexibility index (Phi) is 8.09. The minimum atomic E-state index is -3.91. The molecule has 0 saturated heterocycles. The van der Waals surface area contributed by atoms with E-state index in [4.69, 9.17) is 37.4 Å². The van der Waals surface area contributed by atoms with Crippen molar-refractivity contribution < 1.29 is 27.4 Å². The summed E-state index contributed by atoms with van der Waals surface area (Å²) in [4.78, 5) is 12.2. The molecule has 0 aromatic heterocycles. The van der Waals surface area contributed by atoms with Crippen molar-refractivity contribution in [1.29, 1.82) is 0 Å². The molecule has 152 valence electrons. The molecular formula is C18H19Cl2NO6S. The minimum absolute atomic E-state index is 0.0537. The maximum absolute atomic E-state index is 12.5. The summed E-state index contributed by atoms with van der Waals surface area (Å²) in [6.45, 7) is 0.186. The minimum Gasteiger partial charge on any atom is -0.495 e. The lowest BCUT2D eigenvalue weighted by atomic mass is 10.2. The van der Waals surface area contributed by atoms with Gasteiger partial charge in [0.2, 0.25) is 10.0 Å². The van der Waals surface area contributed by atoms with Crippen molar-refractivity contribution in [3.63, 3.8) is 0 Å². The SMILES string of the molecule is COCCNS(=O)(=O)c1cc(C(=O)OCc2ccc(Cl)cc2Cl)ccc1OC. The number of sulfonamides is 1. The molecule has 0 radical (unpaired) electrons. The fraction of sp³-hybridized carbons (Fsp3) is 0.278. The second-order valence-electron chi connectivity index (χ2n) is 5.57. The van der Waals surface area contributed by atoms with Gasteiger partial charge in [0, 0.05) is 29.3 Å². The summed E-state index contributed by atoms with van der Waals surface area (Å²) >= 11 is 11.9. The monoisotopic (exact) mass is 447 g/mol. The number of rotatable bonds is 9. The van der Waals surface area contributed by atoms with Gasteiger partial charge in [-0.15, -0.1) is 0 Å². The fourth-order valence-corrected chi connectivity index (χ4v) is 3.90. The summed E-state index contributed by atoms with van der Waals surface area (Å²) in [5.41, 5.74) is 0.625. The van der Waals surface area contributed by atoms with E-state index < -0.39 is 16.0 Å². The number of halogens is 2. The van der Waals surface area contributed by atoms with Gasteiger partial charge in [-0.2, -0.15) is 0 Å². The summed E-state index contributed by atoms with van der Waals surface area (Å²) in [6.07, 6.45) is 0. The van der Waals surface area contributed by atoms with Crippen LogP contribution in [-0.2, 0) is 26.1 Å². The molecule has 0 unspecified atom stereocenters. The standard InChI is InChI=1S/C18H19Cl2NO6S/c1-25-8-7-21-28(23,24)17-9-12(4-6-16(17)26-2)18(22)27-11-13-3-5-14(19)10-15(13)20/h3-6,9-10,21H,7-8,11H2,1-2H3. The van der Waals surface area contributed by atoms with Gasteiger partial charge in [0.15, 0.2) is 0 Å². The number of ether oxygens (including phenoxy) is 3. The normalized spacial score (nSPS) is 11.3. The van der Waals surface area contributed by atoms with Crippen LogP contribution in [0, 0.1) is 0 Å². The zero-order valence-electron chi connectivity index (χ0n) is 15.2. The molecule has 0 heterocycles. The first kappa shape index (κ1) is 22.4. The molecule has 0 aliphatic rings. The lowest BCUT2D eigenvalue weighted by molar-refractivity contribution is 0.0472. The van der Waals surface area contributed by atoms with E-state index in [1.165, 1.54) is 38.5 Å². The van der Waals surface area contributed by atoms with Crippen LogP contribution in [-0.4, -0.2) is 41.8 Å². The van der Waals surface area contributed by atoms with Crippen LogP contribution in [0.3, 0.4) is 0 Å². The number of hydrogen-bond acceptors (Lipinski definition) is 6. The Hall–Kier alpha value is -1.84. The Morgan fingerprint density at radius 2 is 1.86 bits per heavy atom. The third-order valence-corrected chi connectivity index (χ3v) is 5.73. The van der Waals surface area contributed by atoms with Gasteiger partial charge in [0.05, 0.1) is 19.3 Å². The van der Waals surface area contributed by atoms with Crippen molar-refractivity contribution in [1.82, 2.24) is 4.72 Å². The quantitative estimate of drug-likeness (QED) is 0.468. The highest BCUT2D eigenvalue weighted by Gasteiger charge is 2.22. The van der Waals surface area contributed by atoms with Crippen LogP contribution in [0.25, 0.3) is 0 Å². The Bertz CT molecular complexity index is 949. The van der Waals surface area contributed by atoms with E-state index in [9.17, 15) is 13.2 Å². The molecule has 0 fully saturated rings. The van der Waals surface area contributed by atoms with E-state index in [0.717, 1.165) is 0 Å². The number of methoxy groups -OCH3 is 2. The van der Waals surface area contributed by atoms with Crippen LogP contribution in [0.4, 0.5) is 0 Å². The molecule has 0 atom stereocenters. The summed E-state index contributed by atoms with van der Waals surface area (Å²) in [5, 5.41) is 0.826. The first-order valence-corrected chi connectivity index (χ1v) is 10.3. The first-order chi connectivity index (χ1) is 13.3. The second-order valence-corrected chi connectivity index (χ2v) is 8.15. The van der Waals surface area contributed by atoms with E-state index in [2.05, 4.69) is 4.72 Å². The summed E-state index contributed by atoms with van der Waals surface area (Å²) < 4.78 is 42.5. The molecule has 0 bridgehead atoms. The van der Waals surface area contributed by atoms with Gasteiger partial charge >= 0.3 is 5.97 Å². The number of carbonyl (C=O) groups excluding carboxylic acids is 1. The number of nitrogens with one attached hydrogen (secondary N) is 1. The topological polar surface area (TPSA) is 90.9 Å². The van der Waals surface area contributed by atoms with E-state index >= 15 is 0 Å². The zero-order valence-corrected chi connectivity index (χ0v) is 17.5. The van der Waals surface area contributed by atoms with Crippen molar-refractivity contribution in [3.8, 4) is 5.75 Å². The molecule has 1 N–H and O–H groups in total. The van der Waals surface area contributed by atoms with Crippen LogP contribution in [0.2, 0.25) is 10.0 Å². The van der Waals surface area contributed by atoms with E-state index in [-0.39, 0.29) is 36.0 Å². The predicted molar refractivity (Wildman–Crippen MR) is 106 cm³/mol. The lowest BCUT2D eigenvalue weighted by Crippen LogP contribution is -2.27. The molecule has 0 amide bonds. The molecule has 7 nitrogen and oxygen atoms in total. The molecule has 0 aliphatic carbocycles. The highest BCUT2D eigenvalue weighted by molar-refractivity contribution is 7.89. The van der Waals surface area contributed by atoms with Gasteiger partial charge in [0.25, 0.3) is 0 Å². The lowest BCUT2D eigenvalue weighted by Gasteiger charge is -2.12. The molecule has 0 spiro atoms. The molecule has 28 heavy (non-hydrogen) atoms. The third-order valence-electron chi connectivity index (χ3n) is 3.66. The molecule has 0 saturated carbocycles. The van der Waals surface area contributed by atoms with Crippen molar-refractivity contribution in [3.05, 3.63) is 57.6 Å². The first-order valence-electron chi connectivity index (χ1n) is 8.06. The van der Waals surface area contributed by atoms with Gasteiger partial charge in [-0.05, 0) is 30.3 Å². The van der Waals surface area contributed by atoms with Gasteiger partial charge < -0.3 is 14.2 Å². The number of carbonyl (C=O) groups is 1. The maximum atomic E-state index is 12.5. The van der Waals surface area contributed by atoms with Gasteiger partial charge in [-0.3, -0.25) is 0 Å². The highest BCUT2D eigenvalue weighted by atomic mass is 35.5. The van der Waals surface area contributed by atoms with Crippen molar-refractivity contribution in [2.24, 2.45) is 0 Å². The van der Waals surface area contributed by atoms with Crippen LogP contribution in [0.1, 0.15) is 15.9 Å². The Labute approximate surface area is 173 Å². The van der Waals surface area contributed by atoms with Crippen LogP contribution >= 0.6 is 23.2 Å². The smallest absolute Gasteiger partial charge is 0.338 e. The van der Waals surface area contributed by atoms with Crippen LogP contribution < -0.4 is 9.46 Å². The molecule has 2 rings (SSSR count). The van der Waals surface area contributed by atoms with Gasteiger partial charge in [-0.1, -0.05) is 29.3 Å².